The van der Waals surface area contributed by atoms with Crippen LogP contribution in [0, 0.1) is 0 Å². The first kappa shape index (κ1) is 16.7. The van der Waals surface area contributed by atoms with Crippen LogP contribution in [0.1, 0.15) is 46.9 Å². The van der Waals surface area contributed by atoms with E-state index in [1.807, 2.05) is 0 Å². The molecule has 0 aliphatic heterocycles. The number of hydrogen-bond acceptors (Lipinski definition) is 5. The van der Waals surface area contributed by atoms with E-state index >= 15 is 0 Å². The van der Waals surface area contributed by atoms with E-state index in [-0.39, 0.29) is 5.41 Å². The molecule has 0 amide bonds. The van der Waals surface area contributed by atoms with Gasteiger partial charge in [-0.15, -0.1) is 0 Å². The monoisotopic (exact) mass is 279 g/mol. The van der Waals surface area contributed by atoms with Gasteiger partial charge in [-0.05, 0) is 20.4 Å². The average molecular weight is 279 g/mol. The van der Waals surface area contributed by atoms with Gasteiger partial charge >= 0.3 is 0 Å². The molecule has 0 aliphatic carbocycles. The molecular weight excluding hydrogens is 250 g/mol. The van der Waals surface area contributed by atoms with E-state index in [4.69, 9.17) is 5.73 Å². The van der Waals surface area contributed by atoms with Crippen molar-refractivity contribution in [2.45, 2.75) is 52.5 Å². The van der Waals surface area contributed by atoms with E-state index in [0.717, 1.165) is 31.2 Å². The highest BCUT2D eigenvalue weighted by molar-refractivity contribution is 5.45. The lowest BCUT2D eigenvalue weighted by molar-refractivity contribution is 0.261. The Morgan fingerprint density at radius 3 is 2.55 bits per heavy atom. The molecule has 0 radical (unpaired) electrons. The lowest BCUT2D eigenvalue weighted by Crippen LogP contribution is -2.33. The number of hydrogen-bond donors (Lipinski definition) is 2. The second kappa shape index (κ2) is 6.88. The first-order valence-corrected chi connectivity index (χ1v) is 7.33. The Morgan fingerprint density at radius 1 is 1.35 bits per heavy atom. The first-order chi connectivity index (χ1) is 9.24. The van der Waals surface area contributed by atoms with E-state index in [2.05, 4.69) is 61.9 Å². The Morgan fingerprint density at radius 2 is 2.00 bits per heavy atom. The van der Waals surface area contributed by atoms with E-state index in [1.165, 1.54) is 0 Å². The van der Waals surface area contributed by atoms with Crippen molar-refractivity contribution in [2.24, 2.45) is 0 Å². The normalized spacial score (nSPS) is 13.6. The molecule has 0 aliphatic rings. The Balaban J connectivity index is 2.63. The Bertz CT molecular complexity index is 425. The van der Waals surface area contributed by atoms with Crippen molar-refractivity contribution >= 4 is 11.6 Å². The van der Waals surface area contributed by atoms with Crippen molar-refractivity contribution in [1.29, 1.82) is 0 Å². The topological polar surface area (TPSA) is 67.1 Å². The molecule has 1 rings (SSSR count). The number of rotatable bonds is 6. The molecule has 5 heteroatoms. The van der Waals surface area contributed by atoms with Gasteiger partial charge in [0.15, 0.2) is 0 Å². The van der Waals surface area contributed by atoms with Gasteiger partial charge in [0, 0.05) is 30.6 Å². The maximum absolute atomic E-state index is 5.86. The fourth-order valence-electron chi connectivity index (χ4n) is 1.78. The molecule has 0 saturated heterocycles. The van der Waals surface area contributed by atoms with Gasteiger partial charge in [-0.25, -0.2) is 9.97 Å². The standard InChI is InChI=1S/C15H29N5/c1-7-11(2)20(6)9-8-17-13-10-12(16)18-14(19-13)15(3,4)5/h10-11H,7-9H2,1-6H3,(H3,16,17,18,19). The van der Waals surface area contributed by atoms with Crippen molar-refractivity contribution in [3.05, 3.63) is 11.9 Å². The molecule has 3 N–H and O–H groups in total. The molecule has 1 heterocycles. The Labute approximate surface area is 123 Å². The van der Waals surface area contributed by atoms with Crippen LogP contribution in [-0.2, 0) is 5.41 Å². The second-order valence-electron chi connectivity index (χ2n) is 6.42. The third-order valence-corrected chi connectivity index (χ3v) is 3.53. The van der Waals surface area contributed by atoms with Crippen molar-refractivity contribution in [3.63, 3.8) is 0 Å². The summed E-state index contributed by atoms with van der Waals surface area (Å²) >= 11 is 0. The van der Waals surface area contributed by atoms with Crippen molar-refractivity contribution in [1.82, 2.24) is 14.9 Å². The van der Waals surface area contributed by atoms with Crippen LogP contribution >= 0.6 is 0 Å². The smallest absolute Gasteiger partial charge is 0.138 e. The summed E-state index contributed by atoms with van der Waals surface area (Å²) in [5, 5.41) is 3.34. The van der Waals surface area contributed by atoms with Gasteiger partial charge in [-0.1, -0.05) is 27.7 Å². The third kappa shape index (κ3) is 4.96. The second-order valence-corrected chi connectivity index (χ2v) is 6.42. The van der Waals surface area contributed by atoms with Crippen molar-refractivity contribution in [2.75, 3.05) is 31.2 Å². The molecule has 114 valence electrons. The van der Waals surface area contributed by atoms with Crippen molar-refractivity contribution < 1.29 is 0 Å². The molecule has 1 aromatic rings. The van der Waals surface area contributed by atoms with Crippen LogP contribution in [0.5, 0.6) is 0 Å². The van der Waals surface area contributed by atoms with Crippen LogP contribution in [0.4, 0.5) is 11.6 Å². The summed E-state index contributed by atoms with van der Waals surface area (Å²) in [7, 11) is 2.14. The van der Waals surface area contributed by atoms with Crippen LogP contribution in [0.25, 0.3) is 0 Å². The SMILES string of the molecule is CCC(C)N(C)CCNc1cc(N)nc(C(C)(C)C)n1. The molecule has 0 fully saturated rings. The predicted molar refractivity (Wildman–Crippen MR) is 86.0 cm³/mol. The van der Waals surface area contributed by atoms with Crippen LogP contribution < -0.4 is 11.1 Å². The van der Waals surface area contributed by atoms with Gasteiger partial charge in [0.25, 0.3) is 0 Å². The summed E-state index contributed by atoms with van der Waals surface area (Å²) < 4.78 is 0. The maximum atomic E-state index is 5.86. The summed E-state index contributed by atoms with van der Waals surface area (Å²) in [6, 6.07) is 2.38. The van der Waals surface area contributed by atoms with Crippen LogP contribution in [-0.4, -0.2) is 41.0 Å². The van der Waals surface area contributed by atoms with Gasteiger partial charge < -0.3 is 16.0 Å². The summed E-state index contributed by atoms with van der Waals surface area (Å²) in [6.07, 6.45) is 1.16. The van der Waals surface area contributed by atoms with Gasteiger partial charge in [0.1, 0.15) is 17.5 Å². The molecule has 0 saturated carbocycles. The maximum Gasteiger partial charge on any atom is 0.138 e. The summed E-state index contributed by atoms with van der Waals surface area (Å²) in [6.45, 7) is 12.5. The zero-order valence-electron chi connectivity index (χ0n) is 13.7. The molecule has 1 unspecified atom stereocenters. The number of nitrogen functional groups attached to an aromatic ring is 1. The number of aromatic nitrogens is 2. The minimum absolute atomic E-state index is 0.0979. The number of likely N-dealkylation sites (N-methyl/N-ethyl adjacent to an activating group) is 1. The molecule has 20 heavy (non-hydrogen) atoms. The van der Waals surface area contributed by atoms with E-state index in [9.17, 15) is 0 Å². The lowest BCUT2D eigenvalue weighted by Gasteiger charge is -2.24. The Hall–Kier alpha value is -1.36. The molecule has 1 aromatic heterocycles. The van der Waals surface area contributed by atoms with Crippen LogP contribution in [0.3, 0.4) is 0 Å². The van der Waals surface area contributed by atoms with E-state index < -0.39 is 0 Å². The fraction of sp³-hybridized carbons (Fsp3) is 0.733. The molecule has 5 nitrogen and oxygen atoms in total. The molecule has 0 spiro atoms. The highest BCUT2D eigenvalue weighted by atomic mass is 15.1. The molecular formula is C15H29N5. The zero-order chi connectivity index (χ0) is 15.3. The quantitative estimate of drug-likeness (QED) is 0.837. The van der Waals surface area contributed by atoms with Gasteiger partial charge in [0.2, 0.25) is 0 Å². The number of nitrogens with two attached hydrogens (primary N) is 1. The minimum Gasteiger partial charge on any atom is -0.384 e. The number of nitrogens with zero attached hydrogens (tertiary/aromatic N) is 3. The van der Waals surface area contributed by atoms with Gasteiger partial charge in [0.05, 0.1) is 0 Å². The lowest BCUT2D eigenvalue weighted by atomic mass is 9.96. The van der Waals surface area contributed by atoms with Gasteiger partial charge in [-0.3, -0.25) is 0 Å². The fourth-order valence-corrected chi connectivity index (χ4v) is 1.78. The van der Waals surface area contributed by atoms with E-state index in [1.54, 1.807) is 6.07 Å². The Kier molecular flexibility index (Phi) is 5.74. The van der Waals surface area contributed by atoms with E-state index in [0.29, 0.717) is 11.9 Å². The summed E-state index contributed by atoms with van der Waals surface area (Å²) in [4.78, 5) is 11.2. The van der Waals surface area contributed by atoms with Crippen molar-refractivity contribution in [3.8, 4) is 0 Å². The third-order valence-electron chi connectivity index (χ3n) is 3.53. The predicted octanol–water partition coefficient (Wildman–Crippen LogP) is 2.50. The molecule has 0 bridgehead atoms. The highest BCUT2D eigenvalue weighted by Gasteiger charge is 2.18. The molecule has 0 aromatic carbocycles. The zero-order valence-corrected chi connectivity index (χ0v) is 13.7. The van der Waals surface area contributed by atoms with Gasteiger partial charge in [-0.2, -0.15) is 0 Å². The first-order valence-electron chi connectivity index (χ1n) is 7.33. The summed E-state index contributed by atoms with van der Waals surface area (Å²) in [5.41, 5.74) is 5.76. The number of nitrogens with one attached hydrogen (secondary N) is 1. The minimum atomic E-state index is -0.0979. The van der Waals surface area contributed by atoms with Crippen LogP contribution in [0.2, 0.25) is 0 Å². The molecule has 1 atom stereocenters. The highest BCUT2D eigenvalue weighted by Crippen LogP contribution is 2.21. The largest absolute Gasteiger partial charge is 0.384 e. The number of anilines is 2. The average Bonchev–Trinajstić information content (AvgIpc) is 2.36. The van der Waals surface area contributed by atoms with Crippen LogP contribution in [0.15, 0.2) is 6.07 Å². The summed E-state index contributed by atoms with van der Waals surface area (Å²) in [5.74, 6) is 2.10.